The third-order valence-electron chi connectivity index (χ3n) is 5.83. The number of fused-ring (bicyclic) bond motifs is 1. The van der Waals surface area contributed by atoms with E-state index in [0.717, 1.165) is 30.2 Å². The van der Waals surface area contributed by atoms with Gasteiger partial charge in [0.05, 0.1) is 23.4 Å². The van der Waals surface area contributed by atoms with Crippen molar-refractivity contribution in [1.29, 1.82) is 0 Å². The van der Waals surface area contributed by atoms with Gasteiger partial charge in [-0.25, -0.2) is 4.68 Å². The van der Waals surface area contributed by atoms with Crippen LogP contribution in [0.3, 0.4) is 0 Å². The molecule has 0 radical (unpaired) electrons. The van der Waals surface area contributed by atoms with Crippen molar-refractivity contribution in [2.45, 2.75) is 26.8 Å². The van der Waals surface area contributed by atoms with Crippen molar-refractivity contribution in [2.75, 3.05) is 26.3 Å². The second kappa shape index (κ2) is 6.52. The molecule has 6 nitrogen and oxygen atoms in total. The van der Waals surface area contributed by atoms with Crippen LogP contribution in [0, 0.1) is 25.2 Å². The Balaban J connectivity index is 1.61. The number of benzene rings is 1. The SMILES string of the molecule is Cc1cc(C)n(-c2ccccc2CN2C[C@@H]3COCC[C@]3(C(=O)O)C2)n1. The zero-order chi connectivity index (χ0) is 18.3. The van der Waals surface area contributed by atoms with Crippen LogP contribution >= 0.6 is 0 Å². The van der Waals surface area contributed by atoms with E-state index in [-0.39, 0.29) is 5.92 Å². The van der Waals surface area contributed by atoms with Crippen molar-refractivity contribution in [3.05, 3.63) is 47.3 Å². The van der Waals surface area contributed by atoms with Gasteiger partial charge in [0.2, 0.25) is 0 Å². The zero-order valence-electron chi connectivity index (χ0n) is 15.3. The summed E-state index contributed by atoms with van der Waals surface area (Å²) >= 11 is 0. The first kappa shape index (κ1) is 17.2. The number of aryl methyl sites for hydroxylation is 2. The van der Waals surface area contributed by atoms with Crippen molar-refractivity contribution in [2.24, 2.45) is 11.3 Å². The van der Waals surface area contributed by atoms with E-state index in [1.165, 1.54) is 5.56 Å². The minimum atomic E-state index is -0.680. The van der Waals surface area contributed by atoms with Gasteiger partial charge in [-0.15, -0.1) is 0 Å². The van der Waals surface area contributed by atoms with Crippen LogP contribution in [0.25, 0.3) is 5.69 Å². The number of ether oxygens (including phenoxy) is 1. The average Bonchev–Trinajstić information content (AvgIpc) is 3.15. The summed E-state index contributed by atoms with van der Waals surface area (Å²) in [6.07, 6.45) is 0.600. The summed E-state index contributed by atoms with van der Waals surface area (Å²) in [7, 11) is 0. The van der Waals surface area contributed by atoms with Crippen LogP contribution in [-0.2, 0) is 16.1 Å². The molecule has 3 heterocycles. The van der Waals surface area contributed by atoms with E-state index in [1.54, 1.807) is 0 Å². The van der Waals surface area contributed by atoms with Gasteiger partial charge in [0.1, 0.15) is 0 Å². The molecule has 0 unspecified atom stereocenters. The number of hydrogen-bond acceptors (Lipinski definition) is 4. The molecular weight excluding hydrogens is 330 g/mol. The maximum Gasteiger partial charge on any atom is 0.311 e. The van der Waals surface area contributed by atoms with Gasteiger partial charge in [-0.3, -0.25) is 9.69 Å². The van der Waals surface area contributed by atoms with E-state index in [2.05, 4.69) is 35.1 Å². The lowest BCUT2D eigenvalue weighted by atomic mass is 9.74. The number of rotatable bonds is 4. The van der Waals surface area contributed by atoms with E-state index in [1.807, 2.05) is 23.7 Å². The average molecular weight is 355 g/mol. The normalized spacial score (nSPS) is 26.0. The minimum absolute atomic E-state index is 0.0644. The highest BCUT2D eigenvalue weighted by molar-refractivity contribution is 5.76. The van der Waals surface area contributed by atoms with Crippen LogP contribution in [0.15, 0.2) is 30.3 Å². The molecule has 26 heavy (non-hydrogen) atoms. The van der Waals surface area contributed by atoms with Gasteiger partial charge in [-0.05, 0) is 38.0 Å². The first-order chi connectivity index (χ1) is 12.5. The lowest BCUT2D eigenvalue weighted by Gasteiger charge is -2.34. The Morgan fingerprint density at radius 3 is 2.88 bits per heavy atom. The van der Waals surface area contributed by atoms with E-state index in [9.17, 15) is 9.90 Å². The highest BCUT2D eigenvalue weighted by atomic mass is 16.5. The van der Waals surface area contributed by atoms with Gasteiger partial charge in [0, 0.05) is 37.9 Å². The third-order valence-corrected chi connectivity index (χ3v) is 5.83. The Morgan fingerprint density at radius 1 is 1.38 bits per heavy atom. The highest BCUT2D eigenvalue weighted by Gasteiger charge is 2.53. The predicted molar refractivity (Wildman–Crippen MR) is 97.3 cm³/mol. The summed E-state index contributed by atoms with van der Waals surface area (Å²) in [5.41, 5.74) is 3.66. The van der Waals surface area contributed by atoms with Crippen LogP contribution < -0.4 is 0 Å². The molecule has 2 aliphatic rings. The standard InChI is InChI=1S/C20H25N3O3/c1-14-9-15(2)23(21-14)18-6-4-3-5-16(18)10-22-11-17-12-26-8-7-20(17,13-22)19(24)25/h3-6,9,17H,7-8,10-13H2,1-2H3,(H,24,25)/t17-,20+/m1/s1. The monoisotopic (exact) mass is 355 g/mol. The molecule has 6 heteroatoms. The van der Waals surface area contributed by atoms with Gasteiger partial charge in [0.15, 0.2) is 0 Å². The number of hydrogen-bond donors (Lipinski definition) is 1. The summed E-state index contributed by atoms with van der Waals surface area (Å²) in [5, 5.41) is 14.5. The first-order valence-corrected chi connectivity index (χ1v) is 9.15. The van der Waals surface area contributed by atoms with Crippen molar-refractivity contribution < 1.29 is 14.6 Å². The molecule has 1 aromatic carbocycles. The molecule has 2 fully saturated rings. The second-order valence-electron chi connectivity index (χ2n) is 7.62. The summed E-state index contributed by atoms with van der Waals surface area (Å²) in [4.78, 5) is 14.3. The molecule has 0 spiro atoms. The smallest absolute Gasteiger partial charge is 0.311 e. The van der Waals surface area contributed by atoms with Crippen LogP contribution in [0.5, 0.6) is 0 Å². The van der Waals surface area contributed by atoms with Crippen LogP contribution in [0.2, 0.25) is 0 Å². The molecule has 0 bridgehead atoms. The van der Waals surface area contributed by atoms with Crippen molar-refractivity contribution in [1.82, 2.24) is 14.7 Å². The number of nitrogens with zero attached hydrogens (tertiary/aromatic N) is 3. The molecule has 1 N–H and O–H groups in total. The topological polar surface area (TPSA) is 67.6 Å². The molecule has 1 aromatic heterocycles. The maximum absolute atomic E-state index is 12.0. The summed E-state index contributed by atoms with van der Waals surface area (Å²) in [6, 6.07) is 10.3. The van der Waals surface area contributed by atoms with Gasteiger partial charge in [-0.2, -0.15) is 5.10 Å². The van der Waals surface area contributed by atoms with Crippen LogP contribution in [0.4, 0.5) is 0 Å². The second-order valence-corrected chi connectivity index (χ2v) is 7.62. The number of carboxylic acid groups (broad SMARTS) is 1. The number of carboxylic acids is 1. The summed E-state index contributed by atoms with van der Waals surface area (Å²) in [5.74, 6) is -0.616. The molecule has 2 atom stereocenters. The number of carbonyl (C=O) groups is 1. The zero-order valence-corrected chi connectivity index (χ0v) is 15.3. The first-order valence-electron chi connectivity index (χ1n) is 9.15. The van der Waals surface area contributed by atoms with Crippen molar-refractivity contribution >= 4 is 5.97 Å². The highest BCUT2D eigenvalue weighted by Crippen LogP contribution is 2.43. The largest absolute Gasteiger partial charge is 0.481 e. The fourth-order valence-electron chi connectivity index (χ4n) is 4.49. The Morgan fingerprint density at radius 2 is 2.19 bits per heavy atom. The Kier molecular flexibility index (Phi) is 4.32. The fourth-order valence-corrected chi connectivity index (χ4v) is 4.49. The number of aromatic nitrogens is 2. The van der Waals surface area contributed by atoms with Crippen LogP contribution in [0.1, 0.15) is 23.4 Å². The van der Waals surface area contributed by atoms with Crippen LogP contribution in [-0.4, -0.2) is 52.1 Å². The number of likely N-dealkylation sites (tertiary alicyclic amines) is 1. The molecule has 2 saturated heterocycles. The van der Waals surface area contributed by atoms with Crippen molar-refractivity contribution in [3.8, 4) is 5.69 Å². The minimum Gasteiger partial charge on any atom is -0.481 e. The van der Waals surface area contributed by atoms with Gasteiger partial charge in [-0.1, -0.05) is 18.2 Å². The van der Waals surface area contributed by atoms with Gasteiger partial charge >= 0.3 is 5.97 Å². The molecule has 2 aromatic rings. The molecular formula is C20H25N3O3. The molecule has 0 aliphatic carbocycles. The summed E-state index contributed by atoms with van der Waals surface area (Å²) < 4.78 is 7.54. The van der Waals surface area contributed by atoms with E-state index < -0.39 is 11.4 Å². The fraction of sp³-hybridized carbons (Fsp3) is 0.500. The predicted octanol–water partition coefficient (Wildman–Crippen LogP) is 2.41. The summed E-state index contributed by atoms with van der Waals surface area (Å²) in [6.45, 7) is 7.20. The van der Waals surface area contributed by atoms with E-state index in [4.69, 9.17) is 4.74 Å². The molecule has 2 aliphatic heterocycles. The Bertz CT molecular complexity index is 831. The van der Waals surface area contributed by atoms with E-state index in [0.29, 0.717) is 26.2 Å². The molecule has 4 rings (SSSR count). The molecule has 0 saturated carbocycles. The Labute approximate surface area is 153 Å². The third kappa shape index (κ3) is 2.83. The molecule has 138 valence electrons. The Hall–Kier alpha value is -2.18. The lowest BCUT2D eigenvalue weighted by molar-refractivity contribution is -0.157. The maximum atomic E-state index is 12.0. The van der Waals surface area contributed by atoms with Gasteiger partial charge < -0.3 is 9.84 Å². The number of para-hydroxylation sites is 1. The number of aliphatic carboxylic acids is 1. The lowest BCUT2D eigenvalue weighted by Crippen LogP contribution is -2.44. The van der Waals surface area contributed by atoms with E-state index >= 15 is 0 Å². The quantitative estimate of drug-likeness (QED) is 0.912. The van der Waals surface area contributed by atoms with Gasteiger partial charge in [0.25, 0.3) is 0 Å². The molecule has 0 amide bonds. The van der Waals surface area contributed by atoms with Crippen molar-refractivity contribution in [3.63, 3.8) is 0 Å².